The molecule has 7 heteroatoms. The lowest BCUT2D eigenvalue weighted by Crippen LogP contribution is -2.42. The van der Waals surface area contributed by atoms with Crippen molar-refractivity contribution in [1.82, 2.24) is 10.2 Å². The molecule has 0 radical (unpaired) electrons. The second-order valence-electron chi connectivity index (χ2n) is 5.36. The van der Waals surface area contributed by atoms with E-state index in [2.05, 4.69) is 10.6 Å². The SMILES string of the molecule is CCN(CC(=O)NCc1ccc(Cl)cc1)C(=O)Nc1cccc(Cl)c1. The van der Waals surface area contributed by atoms with Crippen molar-refractivity contribution in [2.45, 2.75) is 13.5 Å². The van der Waals surface area contributed by atoms with Crippen LogP contribution in [0.5, 0.6) is 0 Å². The maximum absolute atomic E-state index is 12.3. The van der Waals surface area contributed by atoms with Crippen molar-refractivity contribution in [3.05, 3.63) is 64.1 Å². The molecule has 2 aromatic rings. The van der Waals surface area contributed by atoms with Gasteiger partial charge in [0.2, 0.25) is 5.91 Å². The second-order valence-corrected chi connectivity index (χ2v) is 6.23. The molecule has 3 amide bonds. The van der Waals surface area contributed by atoms with E-state index in [4.69, 9.17) is 23.2 Å². The number of carbonyl (C=O) groups excluding carboxylic acids is 2. The summed E-state index contributed by atoms with van der Waals surface area (Å²) in [5, 5.41) is 6.69. The Labute approximate surface area is 156 Å². The number of hydrogen-bond acceptors (Lipinski definition) is 2. The number of carbonyl (C=O) groups is 2. The first-order valence-electron chi connectivity index (χ1n) is 7.80. The Morgan fingerprint density at radius 3 is 2.40 bits per heavy atom. The summed E-state index contributed by atoms with van der Waals surface area (Å²) in [7, 11) is 0. The van der Waals surface area contributed by atoms with Crippen LogP contribution in [0.4, 0.5) is 10.5 Å². The van der Waals surface area contributed by atoms with Gasteiger partial charge in [-0.25, -0.2) is 4.79 Å². The first-order valence-corrected chi connectivity index (χ1v) is 8.56. The Balaban J connectivity index is 1.86. The first kappa shape index (κ1) is 19.1. The lowest BCUT2D eigenvalue weighted by Gasteiger charge is -2.21. The van der Waals surface area contributed by atoms with E-state index in [0.717, 1.165) is 5.56 Å². The molecule has 0 aliphatic heterocycles. The zero-order valence-electron chi connectivity index (χ0n) is 13.8. The van der Waals surface area contributed by atoms with Crippen molar-refractivity contribution < 1.29 is 9.59 Å². The van der Waals surface area contributed by atoms with Gasteiger partial charge in [0.05, 0.1) is 0 Å². The van der Waals surface area contributed by atoms with E-state index in [1.165, 1.54) is 4.90 Å². The van der Waals surface area contributed by atoms with Gasteiger partial charge in [0, 0.05) is 28.8 Å². The van der Waals surface area contributed by atoms with Crippen molar-refractivity contribution in [3.8, 4) is 0 Å². The summed E-state index contributed by atoms with van der Waals surface area (Å²) in [6.07, 6.45) is 0. The van der Waals surface area contributed by atoms with Crippen LogP contribution in [-0.2, 0) is 11.3 Å². The molecule has 25 heavy (non-hydrogen) atoms. The third kappa shape index (κ3) is 6.29. The highest BCUT2D eigenvalue weighted by Crippen LogP contribution is 2.15. The highest BCUT2D eigenvalue weighted by atomic mass is 35.5. The van der Waals surface area contributed by atoms with Crippen LogP contribution in [0.1, 0.15) is 12.5 Å². The molecule has 0 aliphatic carbocycles. The summed E-state index contributed by atoms with van der Waals surface area (Å²) in [5.74, 6) is -0.238. The Bertz CT molecular complexity index is 735. The Hall–Kier alpha value is -2.24. The first-order chi connectivity index (χ1) is 12.0. The normalized spacial score (nSPS) is 10.2. The fraction of sp³-hybridized carbons (Fsp3) is 0.222. The van der Waals surface area contributed by atoms with E-state index in [1.54, 1.807) is 36.4 Å². The molecule has 0 fully saturated rings. The molecule has 0 saturated carbocycles. The Morgan fingerprint density at radius 2 is 1.76 bits per heavy atom. The summed E-state index contributed by atoms with van der Waals surface area (Å²) < 4.78 is 0. The van der Waals surface area contributed by atoms with Gasteiger partial charge >= 0.3 is 6.03 Å². The summed E-state index contributed by atoms with van der Waals surface area (Å²) >= 11 is 11.7. The fourth-order valence-corrected chi connectivity index (χ4v) is 2.44. The molecule has 0 aliphatic rings. The summed E-state index contributed by atoms with van der Waals surface area (Å²) in [6.45, 7) is 2.56. The van der Waals surface area contributed by atoms with Crippen LogP contribution in [-0.4, -0.2) is 29.9 Å². The van der Waals surface area contributed by atoms with Gasteiger partial charge in [0.15, 0.2) is 0 Å². The number of rotatable bonds is 6. The van der Waals surface area contributed by atoms with Crippen LogP contribution in [0, 0.1) is 0 Å². The number of likely N-dealkylation sites (N-methyl/N-ethyl adjacent to an activating group) is 1. The Morgan fingerprint density at radius 1 is 1.04 bits per heavy atom. The molecule has 5 nitrogen and oxygen atoms in total. The molecular weight excluding hydrogens is 361 g/mol. The van der Waals surface area contributed by atoms with Gasteiger partial charge in [0.25, 0.3) is 0 Å². The van der Waals surface area contributed by atoms with Gasteiger partial charge in [0.1, 0.15) is 6.54 Å². The molecule has 2 N–H and O–H groups in total. The molecule has 0 atom stereocenters. The minimum atomic E-state index is -0.355. The summed E-state index contributed by atoms with van der Waals surface area (Å²) in [4.78, 5) is 25.8. The van der Waals surface area contributed by atoms with Crippen LogP contribution in [0.3, 0.4) is 0 Å². The van der Waals surface area contributed by atoms with E-state index < -0.39 is 0 Å². The highest BCUT2D eigenvalue weighted by Gasteiger charge is 2.15. The molecule has 132 valence electrons. The van der Waals surface area contributed by atoms with Crippen molar-refractivity contribution >= 4 is 40.8 Å². The van der Waals surface area contributed by atoms with Crippen LogP contribution >= 0.6 is 23.2 Å². The lowest BCUT2D eigenvalue weighted by atomic mass is 10.2. The van der Waals surface area contributed by atoms with Gasteiger partial charge in [-0.2, -0.15) is 0 Å². The number of nitrogens with one attached hydrogen (secondary N) is 2. The van der Waals surface area contributed by atoms with E-state index in [1.807, 2.05) is 19.1 Å². The molecule has 2 rings (SSSR count). The standard InChI is InChI=1S/C18H19Cl2N3O2/c1-2-23(18(25)22-16-5-3-4-15(20)10-16)12-17(24)21-11-13-6-8-14(19)9-7-13/h3-10H,2,11-12H2,1H3,(H,21,24)(H,22,25). The topological polar surface area (TPSA) is 61.4 Å². The fourth-order valence-electron chi connectivity index (χ4n) is 2.13. The maximum atomic E-state index is 12.3. The van der Waals surface area contributed by atoms with E-state index >= 15 is 0 Å². The van der Waals surface area contributed by atoms with Crippen LogP contribution < -0.4 is 10.6 Å². The molecule has 0 spiro atoms. The van der Waals surface area contributed by atoms with Gasteiger partial charge in [-0.05, 0) is 42.8 Å². The van der Waals surface area contributed by atoms with E-state index in [-0.39, 0.29) is 18.5 Å². The van der Waals surface area contributed by atoms with Crippen molar-refractivity contribution in [2.24, 2.45) is 0 Å². The molecule has 0 bridgehead atoms. The van der Waals surface area contributed by atoms with E-state index in [0.29, 0.717) is 28.8 Å². The average Bonchev–Trinajstić information content (AvgIpc) is 2.59. The third-order valence-corrected chi connectivity index (χ3v) is 3.97. The summed E-state index contributed by atoms with van der Waals surface area (Å²) in [5.41, 5.74) is 1.52. The number of anilines is 1. The third-order valence-electron chi connectivity index (χ3n) is 3.48. The monoisotopic (exact) mass is 379 g/mol. The van der Waals surface area contributed by atoms with Crippen LogP contribution in [0.15, 0.2) is 48.5 Å². The lowest BCUT2D eigenvalue weighted by molar-refractivity contribution is -0.121. The molecule has 0 aromatic heterocycles. The average molecular weight is 380 g/mol. The number of hydrogen-bond donors (Lipinski definition) is 2. The number of nitrogens with zero attached hydrogens (tertiary/aromatic N) is 1. The number of urea groups is 1. The molecule has 0 saturated heterocycles. The molecule has 0 heterocycles. The zero-order chi connectivity index (χ0) is 18.2. The predicted octanol–water partition coefficient (Wildman–Crippen LogP) is 4.16. The number of amides is 3. The van der Waals surface area contributed by atoms with E-state index in [9.17, 15) is 9.59 Å². The molecule has 0 unspecified atom stereocenters. The number of benzene rings is 2. The highest BCUT2D eigenvalue weighted by molar-refractivity contribution is 6.31. The van der Waals surface area contributed by atoms with Crippen molar-refractivity contribution in [3.63, 3.8) is 0 Å². The number of halogens is 2. The summed E-state index contributed by atoms with van der Waals surface area (Å²) in [6, 6.07) is 13.7. The zero-order valence-corrected chi connectivity index (χ0v) is 15.3. The largest absolute Gasteiger partial charge is 0.350 e. The van der Waals surface area contributed by atoms with Gasteiger partial charge in [-0.3, -0.25) is 4.79 Å². The van der Waals surface area contributed by atoms with Gasteiger partial charge < -0.3 is 15.5 Å². The smallest absolute Gasteiger partial charge is 0.322 e. The molecular formula is C18H19Cl2N3O2. The second kappa shape index (κ2) is 9.30. The minimum absolute atomic E-state index is 0.0313. The van der Waals surface area contributed by atoms with Crippen LogP contribution in [0.25, 0.3) is 0 Å². The quantitative estimate of drug-likeness (QED) is 0.791. The van der Waals surface area contributed by atoms with Crippen molar-refractivity contribution in [1.29, 1.82) is 0 Å². The predicted molar refractivity (Wildman–Crippen MR) is 101 cm³/mol. The van der Waals surface area contributed by atoms with Crippen molar-refractivity contribution in [2.75, 3.05) is 18.4 Å². The van der Waals surface area contributed by atoms with Gasteiger partial charge in [-0.15, -0.1) is 0 Å². The Kier molecular flexibility index (Phi) is 7.10. The maximum Gasteiger partial charge on any atom is 0.322 e. The van der Waals surface area contributed by atoms with Crippen LogP contribution in [0.2, 0.25) is 10.0 Å². The molecule has 2 aromatic carbocycles. The minimum Gasteiger partial charge on any atom is -0.350 e. The van der Waals surface area contributed by atoms with Gasteiger partial charge in [-0.1, -0.05) is 41.4 Å².